The summed E-state index contributed by atoms with van der Waals surface area (Å²) < 4.78 is 6.41. The Bertz CT molecular complexity index is 415. The van der Waals surface area contributed by atoms with Crippen molar-refractivity contribution in [3.8, 4) is 0 Å². The molecule has 0 aliphatic rings. The summed E-state index contributed by atoms with van der Waals surface area (Å²) in [6, 6.07) is 1.63. The molecule has 4 heteroatoms. The van der Waals surface area contributed by atoms with Gasteiger partial charge < -0.3 is 4.42 Å². The molecule has 0 saturated carbocycles. The molecule has 0 radical (unpaired) electrons. The molecule has 66 valence electrons. The van der Waals surface area contributed by atoms with Gasteiger partial charge in [-0.05, 0) is 6.07 Å². The maximum absolute atomic E-state index is 11.6. The average Bonchev–Trinajstić information content (AvgIpc) is 2.72. The highest BCUT2D eigenvalue weighted by Crippen LogP contribution is 2.08. The molecule has 2 aromatic rings. The lowest BCUT2D eigenvalue weighted by atomic mass is 10.1. The van der Waals surface area contributed by atoms with Crippen LogP contribution >= 0.6 is 0 Å². The van der Waals surface area contributed by atoms with Crippen molar-refractivity contribution in [3.63, 3.8) is 0 Å². The average molecular weight is 176 g/mol. The zero-order chi connectivity index (χ0) is 9.26. The molecule has 0 aliphatic carbocycles. The second-order valence-electron chi connectivity index (χ2n) is 2.74. The number of carbonyl (C=O) groups is 1. The van der Waals surface area contributed by atoms with E-state index in [1.165, 1.54) is 18.7 Å². The predicted molar refractivity (Wildman–Crippen MR) is 45.3 cm³/mol. The fourth-order valence-electron chi connectivity index (χ4n) is 1.10. The molecule has 0 spiro atoms. The van der Waals surface area contributed by atoms with Gasteiger partial charge in [-0.1, -0.05) is 0 Å². The molecular formula is C9H8N2O2. The number of aryl methyl sites for hydroxylation is 1. The number of carbonyl (C=O) groups excluding carboxylic acids is 1. The van der Waals surface area contributed by atoms with Crippen molar-refractivity contribution >= 4 is 5.78 Å². The van der Waals surface area contributed by atoms with Crippen LogP contribution in [0, 0.1) is 0 Å². The molecule has 0 bridgehead atoms. The van der Waals surface area contributed by atoms with Crippen LogP contribution in [0.25, 0.3) is 0 Å². The van der Waals surface area contributed by atoms with E-state index in [-0.39, 0.29) is 5.78 Å². The molecule has 0 amide bonds. The zero-order valence-electron chi connectivity index (χ0n) is 7.10. The van der Waals surface area contributed by atoms with Gasteiger partial charge >= 0.3 is 0 Å². The van der Waals surface area contributed by atoms with E-state index in [1.54, 1.807) is 24.0 Å². The first-order chi connectivity index (χ1) is 6.27. The maximum atomic E-state index is 11.6. The van der Waals surface area contributed by atoms with Gasteiger partial charge in [-0.15, -0.1) is 0 Å². The van der Waals surface area contributed by atoms with Gasteiger partial charge in [0.1, 0.15) is 6.26 Å². The summed E-state index contributed by atoms with van der Waals surface area (Å²) in [7, 11) is 1.77. The lowest BCUT2D eigenvalue weighted by Crippen LogP contribution is -1.97. The van der Waals surface area contributed by atoms with E-state index in [2.05, 4.69) is 5.10 Å². The van der Waals surface area contributed by atoms with E-state index >= 15 is 0 Å². The normalized spacial score (nSPS) is 10.2. The molecule has 0 aromatic carbocycles. The summed E-state index contributed by atoms with van der Waals surface area (Å²) in [6.07, 6.45) is 6.11. The Morgan fingerprint density at radius 3 is 2.92 bits per heavy atom. The van der Waals surface area contributed by atoms with E-state index in [0.717, 1.165) is 0 Å². The minimum atomic E-state index is -0.0677. The summed E-state index contributed by atoms with van der Waals surface area (Å²) in [5.41, 5.74) is 1.12. The smallest absolute Gasteiger partial charge is 0.199 e. The molecule has 4 nitrogen and oxygen atoms in total. The first kappa shape index (κ1) is 7.79. The molecule has 2 rings (SSSR count). The van der Waals surface area contributed by atoms with Gasteiger partial charge in [-0.2, -0.15) is 5.10 Å². The van der Waals surface area contributed by atoms with Crippen molar-refractivity contribution in [1.29, 1.82) is 0 Å². The Labute approximate surface area is 74.8 Å². The molecule has 0 atom stereocenters. The van der Waals surface area contributed by atoms with Crippen molar-refractivity contribution in [2.24, 2.45) is 7.05 Å². The first-order valence-corrected chi connectivity index (χ1v) is 3.83. The molecule has 0 aliphatic heterocycles. The van der Waals surface area contributed by atoms with Gasteiger partial charge in [0.05, 0.1) is 23.6 Å². The third kappa shape index (κ3) is 1.38. The Morgan fingerprint density at radius 2 is 2.38 bits per heavy atom. The number of hydrogen-bond acceptors (Lipinski definition) is 3. The van der Waals surface area contributed by atoms with Gasteiger partial charge in [0, 0.05) is 13.2 Å². The number of furan rings is 1. The molecule has 2 aromatic heterocycles. The predicted octanol–water partition coefficient (Wildman–Crippen LogP) is 1.24. The van der Waals surface area contributed by atoms with Crippen LogP contribution in [0.4, 0.5) is 0 Å². The summed E-state index contributed by atoms with van der Waals surface area (Å²) in [5, 5.41) is 3.91. The molecule has 0 N–H and O–H groups in total. The van der Waals surface area contributed by atoms with E-state index in [0.29, 0.717) is 11.1 Å². The van der Waals surface area contributed by atoms with Gasteiger partial charge in [0.15, 0.2) is 5.78 Å². The van der Waals surface area contributed by atoms with Gasteiger partial charge in [-0.25, -0.2) is 0 Å². The highest BCUT2D eigenvalue weighted by atomic mass is 16.3. The highest BCUT2D eigenvalue weighted by molar-refractivity contribution is 6.08. The second-order valence-corrected chi connectivity index (χ2v) is 2.74. The Kier molecular flexibility index (Phi) is 1.73. The molecular weight excluding hydrogens is 168 g/mol. The standard InChI is InChI=1S/C9H8N2O2/c1-11-5-8(4-10-11)9(12)7-2-3-13-6-7/h2-6H,1H3. The van der Waals surface area contributed by atoms with Crippen molar-refractivity contribution in [1.82, 2.24) is 9.78 Å². The first-order valence-electron chi connectivity index (χ1n) is 3.83. The monoisotopic (exact) mass is 176 g/mol. The SMILES string of the molecule is Cn1cc(C(=O)c2ccoc2)cn1. The van der Waals surface area contributed by atoms with Crippen molar-refractivity contribution in [3.05, 3.63) is 42.1 Å². The van der Waals surface area contributed by atoms with E-state index in [4.69, 9.17) is 4.42 Å². The quantitative estimate of drug-likeness (QED) is 0.647. The van der Waals surface area contributed by atoms with Crippen LogP contribution in [0.2, 0.25) is 0 Å². The number of hydrogen-bond donors (Lipinski definition) is 0. The van der Waals surface area contributed by atoms with Crippen LogP contribution in [0.3, 0.4) is 0 Å². The van der Waals surface area contributed by atoms with E-state index < -0.39 is 0 Å². The summed E-state index contributed by atoms with van der Waals surface area (Å²) >= 11 is 0. The third-order valence-corrected chi connectivity index (χ3v) is 1.75. The van der Waals surface area contributed by atoms with Crippen molar-refractivity contribution < 1.29 is 9.21 Å². The van der Waals surface area contributed by atoms with Crippen LogP contribution in [-0.2, 0) is 7.05 Å². The fourth-order valence-corrected chi connectivity index (χ4v) is 1.10. The maximum Gasteiger partial charge on any atom is 0.199 e. The number of nitrogens with zero attached hydrogens (tertiary/aromatic N) is 2. The third-order valence-electron chi connectivity index (χ3n) is 1.75. The van der Waals surface area contributed by atoms with E-state index in [1.807, 2.05) is 0 Å². The lowest BCUT2D eigenvalue weighted by Gasteiger charge is -1.89. The lowest BCUT2D eigenvalue weighted by molar-refractivity contribution is 0.103. The summed E-state index contributed by atoms with van der Waals surface area (Å²) in [6.45, 7) is 0. The fraction of sp³-hybridized carbons (Fsp3) is 0.111. The van der Waals surface area contributed by atoms with Crippen molar-refractivity contribution in [2.75, 3.05) is 0 Å². The largest absolute Gasteiger partial charge is 0.472 e. The highest BCUT2D eigenvalue weighted by Gasteiger charge is 2.11. The Morgan fingerprint density at radius 1 is 1.54 bits per heavy atom. The van der Waals surface area contributed by atoms with Crippen molar-refractivity contribution in [2.45, 2.75) is 0 Å². The summed E-state index contributed by atoms with van der Waals surface area (Å²) in [5.74, 6) is -0.0677. The molecule has 0 fully saturated rings. The van der Waals surface area contributed by atoms with Gasteiger partial charge in [-0.3, -0.25) is 9.48 Å². The second kappa shape index (κ2) is 2.90. The van der Waals surface area contributed by atoms with Crippen LogP contribution in [0.1, 0.15) is 15.9 Å². The zero-order valence-corrected chi connectivity index (χ0v) is 7.10. The molecule has 2 heterocycles. The van der Waals surface area contributed by atoms with Crippen LogP contribution in [0.5, 0.6) is 0 Å². The molecule has 0 unspecified atom stereocenters. The topological polar surface area (TPSA) is 48.0 Å². The molecule has 0 saturated heterocycles. The Hall–Kier alpha value is -1.84. The van der Waals surface area contributed by atoms with Gasteiger partial charge in [0.2, 0.25) is 0 Å². The minimum absolute atomic E-state index is 0.0677. The summed E-state index contributed by atoms with van der Waals surface area (Å²) in [4.78, 5) is 11.6. The van der Waals surface area contributed by atoms with Crippen LogP contribution in [-0.4, -0.2) is 15.6 Å². The van der Waals surface area contributed by atoms with Crippen LogP contribution in [0.15, 0.2) is 35.4 Å². The van der Waals surface area contributed by atoms with Crippen LogP contribution < -0.4 is 0 Å². The number of ketones is 1. The Balaban J connectivity index is 2.33. The minimum Gasteiger partial charge on any atom is -0.472 e. The number of aromatic nitrogens is 2. The number of rotatable bonds is 2. The van der Waals surface area contributed by atoms with Gasteiger partial charge in [0.25, 0.3) is 0 Å². The molecule has 13 heavy (non-hydrogen) atoms. The van der Waals surface area contributed by atoms with E-state index in [9.17, 15) is 4.79 Å².